The Morgan fingerprint density at radius 3 is 2.23 bits per heavy atom. The first-order valence-corrected chi connectivity index (χ1v) is 14.0. The van der Waals surface area contributed by atoms with Crippen molar-refractivity contribution in [2.45, 2.75) is 10.9 Å². The molecule has 3 aromatic rings. The summed E-state index contributed by atoms with van der Waals surface area (Å²) in [4.78, 5) is 32.5. The van der Waals surface area contributed by atoms with Crippen molar-refractivity contribution < 1.29 is 27.5 Å². The Labute approximate surface area is 228 Å². The van der Waals surface area contributed by atoms with Crippen molar-refractivity contribution in [2.24, 2.45) is 0 Å². The second-order valence-corrected chi connectivity index (χ2v) is 11.1. The number of anilines is 2. The quantitative estimate of drug-likeness (QED) is 0.446. The number of ether oxygens (including phenoxy) is 2. The molecule has 0 spiro atoms. The van der Waals surface area contributed by atoms with Crippen molar-refractivity contribution in [3.8, 4) is 11.5 Å². The van der Waals surface area contributed by atoms with Crippen molar-refractivity contribution >= 4 is 33.3 Å². The van der Waals surface area contributed by atoms with Crippen LogP contribution in [-0.2, 0) is 14.8 Å². The first-order valence-electron chi connectivity index (χ1n) is 12.6. The lowest BCUT2D eigenvalue weighted by molar-refractivity contribution is -0.132. The van der Waals surface area contributed by atoms with Crippen LogP contribution in [-0.4, -0.2) is 82.5 Å². The normalized spacial score (nSPS) is 17.9. The summed E-state index contributed by atoms with van der Waals surface area (Å²) in [6, 6.07) is 20.6. The Morgan fingerprint density at radius 1 is 0.846 bits per heavy atom. The average molecular weight is 551 g/mol. The molecule has 39 heavy (non-hydrogen) atoms. The molecule has 5 rings (SSSR count). The summed E-state index contributed by atoms with van der Waals surface area (Å²) in [6.45, 7) is 1.70. The number of sulfonamides is 1. The molecule has 0 bridgehead atoms. The monoisotopic (exact) mass is 550 g/mol. The van der Waals surface area contributed by atoms with Gasteiger partial charge in [-0.1, -0.05) is 36.4 Å². The van der Waals surface area contributed by atoms with E-state index in [9.17, 15) is 18.0 Å². The van der Waals surface area contributed by atoms with E-state index in [0.717, 1.165) is 15.7 Å². The molecule has 1 unspecified atom stereocenters. The molecule has 204 valence electrons. The summed E-state index contributed by atoms with van der Waals surface area (Å²) in [5, 5.41) is 0. The lowest BCUT2D eigenvalue weighted by Gasteiger charge is -2.38. The SMILES string of the molecule is COc1cccc(S(=O)(=O)N2CC(C(=O)N3CCN(c4ccccc4OC)CC3)N(c3ccccc3)C2=O)c1. The summed E-state index contributed by atoms with van der Waals surface area (Å²) in [5.74, 6) is 0.811. The molecule has 0 aromatic heterocycles. The lowest BCUT2D eigenvalue weighted by atomic mass is 10.1. The molecule has 0 aliphatic carbocycles. The number of benzene rings is 3. The Kier molecular flexibility index (Phi) is 7.34. The van der Waals surface area contributed by atoms with E-state index in [0.29, 0.717) is 37.6 Å². The van der Waals surface area contributed by atoms with Crippen LogP contribution in [0.3, 0.4) is 0 Å². The summed E-state index contributed by atoms with van der Waals surface area (Å²) >= 11 is 0. The highest BCUT2D eigenvalue weighted by atomic mass is 32.2. The summed E-state index contributed by atoms with van der Waals surface area (Å²) in [7, 11) is -1.18. The summed E-state index contributed by atoms with van der Waals surface area (Å²) in [5.41, 5.74) is 1.40. The van der Waals surface area contributed by atoms with Crippen LogP contribution in [0, 0.1) is 0 Å². The third-order valence-corrected chi connectivity index (χ3v) is 8.77. The molecule has 0 radical (unpaired) electrons. The highest BCUT2D eigenvalue weighted by molar-refractivity contribution is 7.89. The van der Waals surface area contributed by atoms with Gasteiger partial charge in [0.05, 0.1) is 31.3 Å². The molecule has 0 saturated carbocycles. The minimum absolute atomic E-state index is 0.0817. The fraction of sp³-hybridized carbons (Fsp3) is 0.286. The molecule has 3 aromatic carbocycles. The number of para-hydroxylation sites is 3. The Bertz CT molecular complexity index is 1460. The van der Waals surface area contributed by atoms with Gasteiger partial charge < -0.3 is 19.3 Å². The zero-order valence-electron chi connectivity index (χ0n) is 21.8. The van der Waals surface area contributed by atoms with Gasteiger partial charge in [-0.25, -0.2) is 17.5 Å². The standard InChI is InChI=1S/C28H30N4O6S/c1-37-22-11-8-12-23(19-22)39(35,36)31-20-25(32(28(31)34)21-9-4-3-5-10-21)27(33)30-17-15-29(16-18-30)24-13-6-7-14-26(24)38-2/h3-14,19,25H,15-18,20H2,1-2H3. The first-order chi connectivity index (χ1) is 18.8. The maximum absolute atomic E-state index is 13.9. The van der Waals surface area contributed by atoms with Gasteiger partial charge in [-0.15, -0.1) is 0 Å². The van der Waals surface area contributed by atoms with Gasteiger partial charge in [0.1, 0.15) is 17.5 Å². The number of urea groups is 1. The minimum atomic E-state index is -4.24. The van der Waals surface area contributed by atoms with Crippen LogP contribution in [0.15, 0.2) is 83.8 Å². The van der Waals surface area contributed by atoms with Gasteiger partial charge in [-0.05, 0) is 36.4 Å². The van der Waals surface area contributed by atoms with E-state index in [1.54, 1.807) is 54.5 Å². The maximum Gasteiger partial charge on any atom is 0.339 e. The second-order valence-electron chi connectivity index (χ2n) is 9.20. The number of rotatable bonds is 7. The van der Waals surface area contributed by atoms with E-state index >= 15 is 0 Å². The maximum atomic E-state index is 13.9. The van der Waals surface area contributed by atoms with Crippen LogP contribution < -0.4 is 19.3 Å². The van der Waals surface area contributed by atoms with Crippen molar-refractivity contribution in [3.63, 3.8) is 0 Å². The van der Waals surface area contributed by atoms with E-state index in [1.165, 1.54) is 24.1 Å². The zero-order valence-corrected chi connectivity index (χ0v) is 22.6. The molecule has 2 saturated heterocycles. The third kappa shape index (κ3) is 4.97. The average Bonchev–Trinajstić information content (AvgIpc) is 3.35. The number of methoxy groups -OCH3 is 2. The van der Waals surface area contributed by atoms with E-state index in [2.05, 4.69) is 4.90 Å². The fourth-order valence-electron chi connectivity index (χ4n) is 5.00. The highest BCUT2D eigenvalue weighted by Gasteiger charge is 2.49. The molecule has 10 nitrogen and oxygen atoms in total. The largest absolute Gasteiger partial charge is 0.497 e. The van der Waals surface area contributed by atoms with Crippen LogP contribution in [0.1, 0.15) is 0 Å². The van der Waals surface area contributed by atoms with E-state index in [-0.39, 0.29) is 17.3 Å². The van der Waals surface area contributed by atoms with Crippen molar-refractivity contribution in [3.05, 3.63) is 78.9 Å². The van der Waals surface area contributed by atoms with Crippen molar-refractivity contribution in [1.29, 1.82) is 0 Å². The highest BCUT2D eigenvalue weighted by Crippen LogP contribution is 2.32. The van der Waals surface area contributed by atoms with Crippen LogP contribution in [0.4, 0.5) is 16.2 Å². The number of hydrogen-bond donors (Lipinski definition) is 0. The van der Waals surface area contributed by atoms with Gasteiger partial charge in [0, 0.05) is 37.9 Å². The Morgan fingerprint density at radius 2 is 1.54 bits per heavy atom. The third-order valence-electron chi connectivity index (χ3n) is 7.04. The molecule has 0 N–H and O–H groups in total. The minimum Gasteiger partial charge on any atom is -0.497 e. The van der Waals surface area contributed by atoms with Crippen LogP contribution in [0.2, 0.25) is 0 Å². The lowest BCUT2D eigenvalue weighted by Crippen LogP contribution is -2.54. The molecule has 3 amide bonds. The van der Waals surface area contributed by atoms with Crippen LogP contribution >= 0.6 is 0 Å². The zero-order chi connectivity index (χ0) is 27.6. The summed E-state index contributed by atoms with van der Waals surface area (Å²) < 4.78 is 38.6. The molecule has 2 aliphatic rings. The van der Waals surface area contributed by atoms with E-state index in [4.69, 9.17) is 9.47 Å². The summed E-state index contributed by atoms with van der Waals surface area (Å²) in [6.07, 6.45) is 0. The van der Waals surface area contributed by atoms with Gasteiger partial charge in [0.2, 0.25) is 5.91 Å². The Balaban J connectivity index is 1.40. The number of nitrogens with zero attached hydrogens (tertiary/aromatic N) is 4. The van der Waals surface area contributed by atoms with Crippen molar-refractivity contribution in [1.82, 2.24) is 9.21 Å². The Hall–Kier alpha value is -4.25. The number of piperazine rings is 1. The van der Waals surface area contributed by atoms with Gasteiger partial charge in [-0.3, -0.25) is 9.69 Å². The van der Waals surface area contributed by atoms with Crippen LogP contribution in [0.5, 0.6) is 11.5 Å². The molecular formula is C28H30N4O6S. The number of amides is 3. The molecule has 2 heterocycles. The van der Waals surface area contributed by atoms with Crippen LogP contribution in [0.25, 0.3) is 0 Å². The number of hydrogen-bond acceptors (Lipinski definition) is 7. The van der Waals surface area contributed by atoms with Gasteiger partial charge in [0.15, 0.2) is 0 Å². The van der Waals surface area contributed by atoms with Gasteiger partial charge >= 0.3 is 6.03 Å². The number of carbonyl (C=O) groups is 2. The number of carbonyl (C=O) groups excluding carboxylic acids is 2. The van der Waals surface area contributed by atoms with Gasteiger partial charge in [-0.2, -0.15) is 0 Å². The molecule has 2 aliphatic heterocycles. The van der Waals surface area contributed by atoms with E-state index in [1.807, 2.05) is 24.3 Å². The second kappa shape index (κ2) is 10.9. The molecule has 1 atom stereocenters. The predicted molar refractivity (Wildman–Crippen MR) is 147 cm³/mol. The first kappa shape index (κ1) is 26.4. The fourth-order valence-corrected chi connectivity index (χ4v) is 6.40. The molecule has 11 heteroatoms. The molecular weight excluding hydrogens is 520 g/mol. The predicted octanol–water partition coefficient (Wildman–Crippen LogP) is 3.05. The van der Waals surface area contributed by atoms with Crippen molar-refractivity contribution in [2.75, 3.05) is 56.7 Å². The molecule has 2 fully saturated rings. The smallest absolute Gasteiger partial charge is 0.339 e. The van der Waals surface area contributed by atoms with E-state index < -0.39 is 22.1 Å². The topological polar surface area (TPSA) is 99.7 Å². The van der Waals surface area contributed by atoms with Gasteiger partial charge in [0.25, 0.3) is 10.0 Å².